The van der Waals surface area contributed by atoms with Crippen LogP contribution in [0.1, 0.15) is 13.8 Å². The lowest BCUT2D eigenvalue weighted by molar-refractivity contribution is 0.983. The number of alkyl halides is 1. The second-order valence-electron chi connectivity index (χ2n) is 1.62. The smallest absolute Gasteiger partial charge is 0.0768 e. The molecule has 0 N–H and O–H groups in total. The molecule has 0 bridgehead atoms. The number of terminal acetylenes is 1. The number of hydrogen-bond donors (Lipinski definition) is 0. The van der Waals surface area contributed by atoms with Crippen molar-refractivity contribution in [3.63, 3.8) is 0 Å². The summed E-state index contributed by atoms with van der Waals surface area (Å²) in [6, 6.07) is 0. The van der Waals surface area contributed by atoms with Crippen LogP contribution in [-0.2, 0) is 0 Å². The fourth-order valence-corrected chi connectivity index (χ4v) is 0. The van der Waals surface area contributed by atoms with Crippen LogP contribution in [0.2, 0.25) is 0 Å². The second kappa shape index (κ2) is 1.83. The molecule has 0 aromatic rings. The van der Waals surface area contributed by atoms with Crippen LogP contribution in [0.15, 0.2) is 0 Å². The van der Waals surface area contributed by atoms with E-state index < -0.39 is 0 Å². The monoisotopic (exact) mass is 194 g/mol. The molecule has 1 heteroatoms. The Morgan fingerprint density at radius 2 is 1.83 bits per heavy atom. The average Bonchev–Trinajstić information content (AvgIpc) is 1.35. The predicted molar refractivity (Wildman–Crippen MR) is 36.9 cm³/mol. The summed E-state index contributed by atoms with van der Waals surface area (Å²) in [5, 5.41) is 0. The maximum atomic E-state index is 5.05. The van der Waals surface area contributed by atoms with Gasteiger partial charge in [-0.05, 0) is 13.8 Å². The Labute approximate surface area is 52.5 Å². The Balaban J connectivity index is 3.55. The normalized spacial score (nSPS) is 10.3. The molecule has 6 heavy (non-hydrogen) atoms. The molecule has 0 aliphatic carbocycles. The lowest BCUT2D eigenvalue weighted by Gasteiger charge is -2.02. The zero-order valence-electron chi connectivity index (χ0n) is 3.96. The lowest BCUT2D eigenvalue weighted by Crippen LogP contribution is -2.01. The van der Waals surface area contributed by atoms with Crippen LogP contribution in [0.3, 0.4) is 0 Å². The summed E-state index contributed by atoms with van der Waals surface area (Å²) in [5.41, 5.74) is 0. The first-order valence-electron chi connectivity index (χ1n) is 1.73. The van der Waals surface area contributed by atoms with Gasteiger partial charge in [-0.15, -0.1) is 6.42 Å². The van der Waals surface area contributed by atoms with Gasteiger partial charge in [-0.25, -0.2) is 0 Å². The molecule has 0 spiro atoms. The van der Waals surface area contributed by atoms with Crippen molar-refractivity contribution in [1.82, 2.24) is 0 Å². The maximum absolute atomic E-state index is 5.05. The minimum absolute atomic E-state index is 0.0394. The Kier molecular flexibility index (Phi) is 1.92. The first-order chi connectivity index (χ1) is 2.56. The zero-order chi connectivity index (χ0) is 5.21. The fourth-order valence-electron chi connectivity index (χ4n) is 0. The zero-order valence-corrected chi connectivity index (χ0v) is 6.11. The number of halogens is 1. The van der Waals surface area contributed by atoms with Crippen molar-refractivity contribution in [1.29, 1.82) is 0 Å². The molecule has 34 valence electrons. The number of hydrogen-bond acceptors (Lipinski definition) is 0. The molecule has 0 saturated carbocycles. The van der Waals surface area contributed by atoms with Gasteiger partial charge >= 0.3 is 0 Å². The van der Waals surface area contributed by atoms with Gasteiger partial charge < -0.3 is 0 Å². The Morgan fingerprint density at radius 3 is 1.83 bits per heavy atom. The first-order valence-corrected chi connectivity index (χ1v) is 2.81. The van der Waals surface area contributed by atoms with E-state index in [0.29, 0.717) is 0 Å². The summed E-state index contributed by atoms with van der Waals surface area (Å²) >= 11 is 2.20. The summed E-state index contributed by atoms with van der Waals surface area (Å²) in [7, 11) is 0. The van der Waals surface area contributed by atoms with Crippen molar-refractivity contribution >= 4 is 22.6 Å². The Morgan fingerprint density at radius 1 is 1.67 bits per heavy atom. The van der Waals surface area contributed by atoms with Gasteiger partial charge in [0.2, 0.25) is 0 Å². The predicted octanol–water partition coefficient (Wildman–Crippen LogP) is 1.83. The molecule has 0 atom stereocenters. The lowest BCUT2D eigenvalue weighted by atomic mass is 10.2. The standard InChI is InChI=1S/C5H7I/c1-4-5(2,3)6/h1H,2-3H3. The van der Waals surface area contributed by atoms with E-state index in [1.165, 1.54) is 0 Å². The van der Waals surface area contributed by atoms with Gasteiger partial charge in [-0.1, -0.05) is 28.5 Å². The van der Waals surface area contributed by atoms with E-state index in [-0.39, 0.29) is 3.42 Å². The minimum Gasteiger partial charge on any atom is -0.119 e. The van der Waals surface area contributed by atoms with Gasteiger partial charge in [0.05, 0.1) is 3.42 Å². The van der Waals surface area contributed by atoms with Crippen molar-refractivity contribution < 1.29 is 0 Å². The third-order valence-corrected chi connectivity index (χ3v) is 0.655. The average molecular weight is 194 g/mol. The highest BCUT2D eigenvalue weighted by atomic mass is 127. The molecule has 0 rings (SSSR count). The molecule has 0 radical (unpaired) electrons. The van der Waals surface area contributed by atoms with E-state index in [4.69, 9.17) is 6.42 Å². The molecular formula is C5H7I. The van der Waals surface area contributed by atoms with E-state index in [0.717, 1.165) is 0 Å². The van der Waals surface area contributed by atoms with Gasteiger partial charge in [0.15, 0.2) is 0 Å². The molecule has 0 aromatic carbocycles. The van der Waals surface area contributed by atoms with Crippen molar-refractivity contribution in [2.75, 3.05) is 0 Å². The molecule has 0 saturated heterocycles. The Hall–Kier alpha value is 0.290. The Bertz CT molecular complexity index is 70.9. The molecule has 0 aliphatic rings. The second-order valence-corrected chi connectivity index (χ2v) is 4.31. The topological polar surface area (TPSA) is 0 Å². The van der Waals surface area contributed by atoms with Crippen molar-refractivity contribution in [3.05, 3.63) is 0 Å². The van der Waals surface area contributed by atoms with Crippen LogP contribution in [-0.4, -0.2) is 3.42 Å². The van der Waals surface area contributed by atoms with Crippen molar-refractivity contribution in [2.24, 2.45) is 0 Å². The molecule has 0 aliphatic heterocycles. The van der Waals surface area contributed by atoms with Gasteiger partial charge in [-0.3, -0.25) is 0 Å². The van der Waals surface area contributed by atoms with Crippen molar-refractivity contribution in [2.45, 2.75) is 17.3 Å². The minimum atomic E-state index is 0.0394. The van der Waals surface area contributed by atoms with Crippen molar-refractivity contribution in [3.8, 4) is 12.3 Å². The molecule has 0 fully saturated rings. The van der Waals surface area contributed by atoms with Gasteiger partial charge in [0.1, 0.15) is 0 Å². The SMILES string of the molecule is C#CC(C)(C)I. The molecule has 0 aromatic heterocycles. The maximum Gasteiger partial charge on any atom is 0.0768 e. The summed E-state index contributed by atoms with van der Waals surface area (Å²) in [5.74, 6) is 2.59. The third kappa shape index (κ3) is 4.29. The van der Waals surface area contributed by atoms with Crippen LogP contribution in [0.25, 0.3) is 0 Å². The van der Waals surface area contributed by atoms with Gasteiger partial charge in [0, 0.05) is 0 Å². The van der Waals surface area contributed by atoms with E-state index in [1.54, 1.807) is 0 Å². The quantitative estimate of drug-likeness (QED) is 0.313. The summed E-state index contributed by atoms with van der Waals surface area (Å²) in [6.07, 6.45) is 5.05. The molecule has 0 nitrogen and oxygen atoms in total. The van der Waals surface area contributed by atoms with E-state index in [2.05, 4.69) is 28.5 Å². The largest absolute Gasteiger partial charge is 0.119 e. The molecule has 0 heterocycles. The van der Waals surface area contributed by atoms with E-state index in [9.17, 15) is 0 Å². The van der Waals surface area contributed by atoms with Crippen LogP contribution < -0.4 is 0 Å². The molecule has 0 amide bonds. The van der Waals surface area contributed by atoms with E-state index in [1.807, 2.05) is 13.8 Å². The highest BCUT2D eigenvalue weighted by Crippen LogP contribution is 2.12. The highest BCUT2D eigenvalue weighted by Gasteiger charge is 2.03. The van der Waals surface area contributed by atoms with Gasteiger partial charge in [-0.2, -0.15) is 0 Å². The van der Waals surface area contributed by atoms with E-state index >= 15 is 0 Å². The summed E-state index contributed by atoms with van der Waals surface area (Å²) in [6.45, 7) is 3.99. The van der Waals surface area contributed by atoms with Gasteiger partial charge in [0.25, 0.3) is 0 Å². The van der Waals surface area contributed by atoms with Crippen LogP contribution >= 0.6 is 22.6 Å². The van der Waals surface area contributed by atoms with Crippen LogP contribution in [0.4, 0.5) is 0 Å². The fraction of sp³-hybridized carbons (Fsp3) is 0.600. The summed E-state index contributed by atoms with van der Waals surface area (Å²) in [4.78, 5) is 0. The molecular weight excluding hydrogens is 187 g/mol. The third-order valence-electron chi connectivity index (χ3n) is 0.343. The highest BCUT2D eigenvalue weighted by molar-refractivity contribution is 14.1. The number of rotatable bonds is 0. The molecule has 0 unspecified atom stereocenters. The summed E-state index contributed by atoms with van der Waals surface area (Å²) < 4.78 is 0.0394. The van der Waals surface area contributed by atoms with Crippen LogP contribution in [0.5, 0.6) is 0 Å². The first kappa shape index (κ1) is 6.29. The van der Waals surface area contributed by atoms with Crippen LogP contribution in [0, 0.1) is 12.3 Å².